The molecular weight excluding hydrogens is 362 g/mol. The third-order valence-corrected chi connectivity index (χ3v) is 5.75. The van der Waals surface area contributed by atoms with Crippen LogP contribution in [0.3, 0.4) is 0 Å². The van der Waals surface area contributed by atoms with Crippen LogP contribution in [0.2, 0.25) is 0 Å². The number of nitrogens with zero attached hydrogens (tertiary/aromatic N) is 1. The van der Waals surface area contributed by atoms with Crippen molar-refractivity contribution in [3.8, 4) is 11.1 Å². The average molecular weight is 388 g/mol. The monoisotopic (exact) mass is 387 g/mol. The van der Waals surface area contributed by atoms with Crippen molar-refractivity contribution in [2.75, 3.05) is 4.90 Å². The van der Waals surface area contributed by atoms with Gasteiger partial charge in [0, 0.05) is 16.8 Å². The van der Waals surface area contributed by atoms with E-state index in [4.69, 9.17) is 0 Å². The SMILES string of the molecule is Cc1ccc(-c2ccc(N(C3=CCCC=C3)c3cccc4ccccc34)cc2)cc1. The van der Waals surface area contributed by atoms with Crippen molar-refractivity contribution in [2.24, 2.45) is 0 Å². The van der Waals surface area contributed by atoms with E-state index in [-0.39, 0.29) is 0 Å². The molecule has 1 aliphatic rings. The molecule has 0 heterocycles. The van der Waals surface area contributed by atoms with Gasteiger partial charge in [-0.2, -0.15) is 0 Å². The second-order valence-electron chi connectivity index (χ2n) is 7.86. The molecule has 30 heavy (non-hydrogen) atoms. The van der Waals surface area contributed by atoms with Crippen LogP contribution in [0.1, 0.15) is 18.4 Å². The van der Waals surface area contributed by atoms with Gasteiger partial charge in [0.1, 0.15) is 0 Å². The maximum Gasteiger partial charge on any atom is 0.0539 e. The van der Waals surface area contributed by atoms with Gasteiger partial charge in [0.2, 0.25) is 0 Å². The van der Waals surface area contributed by atoms with Crippen LogP contribution < -0.4 is 4.90 Å². The van der Waals surface area contributed by atoms with Crippen molar-refractivity contribution in [1.29, 1.82) is 0 Å². The summed E-state index contributed by atoms with van der Waals surface area (Å²) in [5, 5.41) is 2.53. The Morgan fingerprint density at radius 2 is 1.37 bits per heavy atom. The number of rotatable bonds is 4. The zero-order chi connectivity index (χ0) is 20.3. The van der Waals surface area contributed by atoms with E-state index in [2.05, 4.69) is 121 Å². The molecule has 0 aliphatic heterocycles. The molecule has 0 spiro atoms. The fraction of sp³-hybridized carbons (Fsp3) is 0.103. The molecule has 4 aromatic carbocycles. The van der Waals surface area contributed by atoms with Crippen molar-refractivity contribution >= 4 is 22.1 Å². The number of allylic oxidation sites excluding steroid dienone is 3. The summed E-state index contributed by atoms with van der Waals surface area (Å²) in [6.07, 6.45) is 9.05. The predicted molar refractivity (Wildman–Crippen MR) is 129 cm³/mol. The minimum absolute atomic E-state index is 1.08. The van der Waals surface area contributed by atoms with Crippen LogP contribution in [-0.2, 0) is 0 Å². The van der Waals surface area contributed by atoms with E-state index in [0.29, 0.717) is 0 Å². The Morgan fingerprint density at radius 3 is 2.10 bits per heavy atom. The molecule has 0 fully saturated rings. The van der Waals surface area contributed by atoms with Gasteiger partial charge in [-0.05, 0) is 60.6 Å². The largest absolute Gasteiger partial charge is 0.310 e. The molecule has 0 N–H and O–H groups in total. The van der Waals surface area contributed by atoms with E-state index >= 15 is 0 Å². The first-order valence-corrected chi connectivity index (χ1v) is 10.6. The van der Waals surface area contributed by atoms with E-state index in [9.17, 15) is 0 Å². The molecule has 0 aromatic heterocycles. The van der Waals surface area contributed by atoms with Gasteiger partial charge < -0.3 is 4.90 Å². The highest BCUT2D eigenvalue weighted by Crippen LogP contribution is 2.37. The zero-order valence-electron chi connectivity index (χ0n) is 17.3. The highest BCUT2D eigenvalue weighted by Gasteiger charge is 2.16. The molecule has 4 aromatic rings. The molecule has 0 atom stereocenters. The van der Waals surface area contributed by atoms with Gasteiger partial charge in [-0.15, -0.1) is 0 Å². The summed E-state index contributed by atoms with van der Waals surface area (Å²) >= 11 is 0. The molecule has 0 amide bonds. The number of benzene rings is 4. The van der Waals surface area contributed by atoms with Crippen LogP contribution in [0, 0.1) is 6.92 Å². The first-order valence-electron chi connectivity index (χ1n) is 10.6. The second kappa shape index (κ2) is 8.04. The Hall–Kier alpha value is -3.58. The van der Waals surface area contributed by atoms with Gasteiger partial charge in [-0.1, -0.05) is 90.5 Å². The number of aryl methyl sites for hydroxylation is 1. The van der Waals surface area contributed by atoms with Crippen LogP contribution in [0.4, 0.5) is 11.4 Å². The van der Waals surface area contributed by atoms with Crippen molar-refractivity contribution in [3.63, 3.8) is 0 Å². The predicted octanol–water partition coefficient (Wildman–Crippen LogP) is 8.19. The Bertz CT molecular complexity index is 1220. The summed E-state index contributed by atoms with van der Waals surface area (Å²) in [7, 11) is 0. The lowest BCUT2D eigenvalue weighted by atomic mass is 10.0. The molecule has 0 saturated heterocycles. The third-order valence-electron chi connectivity index (χ3n) is 5.75. The first-order chi connectivity index (χ1) is 14.8. The van der Waals surface area contributed by atoms with E-state index in [1.807, 2.05) is 0 Å². The van der Waals surface area contributed by atoms with Crippen LogP contribution in [-0.4, -0.2) is 0 Å². The molecule has 1 nitrogen and oxygen atoms in total. The van der Waals surface area contributed by atoms with E-state index in [1.165, 1.54) is 44.5 Å². The number of anilines is 2. The van der Waals surface area contributed by atoms with E-state index < -0.39 is 0 Å². The number of hydrogen-bond donors (Lipinski definition) is 0. The van der Waals surface area contributed by atoms with Crippen LogP contribution in [0.15, 0.2) is 115 Å². The summed E-state index contributed by atoms with van der Waals surface area (Å²) in [5.74, 6) is 0. The van der Waals surface area contributed by atoms with Gasteiger partial charge in [-0.25, -0.2) is 0 Å². The quantitative estimate of drug-likeness (QED) is 0.341. The summed E-state index contributed by atoms with van der Waals surface area (Å²) < 4.78 is 0. The van der Waals surface area contributed by atoms with Gasteiger partial charge in [-0.3, -0.25) is 0 Å². The summed E-state index contributed by atoms with van der Waals surface area (Å²) in [4.78, 5) is 2.39. The standard InChI is InChI=1S/C29H25N/c1-22-14-16-23(17-15-22)24-18-20-27(21-19-24)30(26-10-3-2-4-11-26)29-13-7-9-25-8-5-6-12-28(25)29/h3,5-21H,2,4H2,1H3. The second-order valence-corrected chi connectivity index (χ2v) is 7.86. The maximum atomic E-state index is 2.39. The van der Waals surface area contributed by atoms with Crippen molar-refractivity contribution in [3.05, 3.63) is 120 Å². The zero-order valence-corrected chi connectivity index (χ0v) is 17.3. The fourth-order valence-corrected chi connectivity index (χ4v) is 4.14. The average Bonchev–Trinajstić information content (AvgIpc) is 2.81. The highest BCUT2D eigenvalue weighted by molar-refractivity contribution is 5.97. The Balaban J connectivity index is 1.61. The van der Waals surface area contributed by atoms with Gasteiger partial charge in [0.05, 0.1) is 5.69 Å². The number of fused-ring (bicyclic) bond motifs is 1. The van der Waals surface area contributed by atoms with Crippen LogP contribution in [0.25, 0.3) is 21.9 Å². The molecule has 5 rings (SSSR count). The maximum absolute atomic E-state index is 2.39. The molecule has 146 valence electrons. The van der Waals surface area contributed by atoms with Gasteiger partial charge in [0.15, 0.2) is 0 Å². The van der Waals surface area contributed by atoms with Crippen molar-refractivity contribution in [2.45, 2.75) is 19.8 Å². The summed E-state index contributed by atoms with van der Waals surface area (Å²) in [6, 6.07) is 32.8. The van der Waals surface area contributed by atoms with Gasteiger partial charge >= 0.3 is 0 Å². The smallest absolute Gasteiger partial charge is 0.0539 e. The Kier molecular flexibility index (Phi) is 4.94. The van der Waals surface area contributed by atoms with E-state index in [0.717, 1.165) is 12.8 Å². The lowest BCUT2D eigenvalue weighted by Gasteiger charge is -2.29. The minimum atomic E-state index is 1.08. The Labute approximate surface area is 178 Å². The molecule has 1 aliphatic carbocycles. The molecule has 0 saturated carbocycles. The van der Waals surface area contributed by atoms with Crippen LogP contribution >= 0.6 is 0 Å². The Morgan fingerprint density at radius 1 is 0.667 bits per heavy atom. The lowest BCUT2D eigenvalue weighted by molar-refractivity contribution is 0.998. The highest BCUT2D eigenvalue weighted by atomic mass is 15.1. The summed E-state index contributed by atoms with van der Waals surface area (Å²) in [5.41, 5.74) is 7.41. The molecule has 0 bridgehead atoms. The van der Waals surface area contributed by atoms with Crippen LogP contribution in [0.5, 0.6) is 0 Å². The van der Waals surface area contributed by atoms with E-state index in [1.54, 1.807) is 0 Å². The summed E-state index contributed by atoms with van der Waals surface area (Å²) in [6.45, 7) is 2.13. The molecule has 0 unspecified atom stereocenters. The fourth-order valence-electron chi connectivity index (χ4n) is 4.14. The molecule has 1 heteroatoms. The molecular formula is C29H25N. The third kappa shape index (κ3) is 3.55. The normalized spacial score (nSPS) is 13.3. The topological polar surface area (TPSA) is 3.24 Å². The van der Waals surface area contributed by atoms with Gasteiger partial charge in [0.25, 0.3) is 0 Å². The number of hydrogen-bond acceptors (Lipinski definition) is 1. The van der Waals surface area contributed by atoms with Crippen molar-refractivity contribution in [1.82, 2.24) is 0 Å². The first kappa shape index (κ1) is 18.4. The molecule has 0 radical (unpaired) electrons. The lowest BCUT2D eigenvalue weighted by Crippen LogP contribution is -2.16. The minimum Gasteiger partial charge on any atom is -0.310 e. The van der Waals surface area contributed by atoms with Crippen molar-refractivity contribution < 1.29 is 0 Å².